The third kappa shape index (κ3) is 2.41. The Balaban J connectivity index is 1.99. The standard InChI is InChI=1S/C16H19FN4O3/c1-8-12(17)13-11-14(20-16(19-13)24-9(2)22)21-6-4-3-5-10(21)7-23-15(11)18-8/h9-10,22H,3-7H2,1-2H3. The Bertz CT molecular complexity index is 799. The predicted octanol–water partition coefficient (Wildman–Crippen LogP) is 1.94. The second-order valence-corrected chi connectivity index (χ2v) is 6.24. The molecule has 8 heteroatoms. The highest BCUT2D eigenvalue weighted by Gasteiger charge is 2.33. The van der Waals surface area contributed by atoms with E-state index in [0.29, 0.717) is 23.7 Å². The quantitative estimate of drug-likeness (QED) is 0.841. The van der Waals surface area contributed by atoms with Gasteiger partial charge in [-0.1, -0.05) is 0 Å². The van der Waals surface area contributed by atoms with E-state index in [-0.39, 0.29) is 23.3 Å². The minimum atomic E-state index is -1.08. The van der Waals surface area contributed by atoms with Gasteiger partial charge in [-0.25, -0.2) is 9.37 Å². The average molecular weight is 334 g/mol. The van der Waals surface area contributed by atoms with Crippen LogP contribution in [0.1, 0.15) is 31.9 Å². The molecule has 0 spiro atoms. The summed E-state index contributed by atoms with van der Waals surface area (Å²) in [7, 11) is 0. The molecule has 2 unspecified atom stereocenters. The molecular weight excluding hydrogens is 315 g/mol. The van der Waals surface area contributed by atoms with Crippen molar-refractivity contribution in [2.75, 3.05) is 18.1 Å². The van der Waals surface area contributed by atoms with Gasteiger partial charge in [-0.2, -0.15) is 9.97 Å². The van der Waals surface area contributed by atoms with E-state index in [0.717, 1.165) is 25.8 Å². The average Bonchev–Trinajstić information content (AvgIpc) is 2.70. The van der Waals surface area contributed by atoms with E-state index in [1.165, 1.54) is 6.92 Å². The highest BCUT2D eigenvalue weighted by molar-refractivity contribution is 5.95. The Morgan fingerprint density at radius 2 is 2.17 bits per heavy atom. The van der Waals surface area contributed by atoms with Crippen LogP contribution in [0.5, 0.6) is 11.9 Å². The zero-order valence-electron chi connectivity index (χ0n) is 13.6. The minimum absolute atomic E-state index is 0.0471. The van der Waals surface area contributed by atoms with Crippen molar-refractivity contribution in [3.8, 4) is 11.9 Å². The van der Waals surface area contributed by atoms with E-state index >= 15 is 0 Å². The number of nitrogens with zero attached hydrogens (tertiary/aromatic N) is 4. The number of aliphatic hydroxyl groups is 1. The fraction of sp³-hybridized carbons (Fsp3) is 0.562. The number of halogens is 1. The summed E-state index contributed by atoms with van der Waals surface area (Å²) < 4.78 is 25.7. The van der Waals surface area contributed by atoms with E-state index in [9.17, 15) is 9.50 Å². The normalized spacial score (nSPS) is 21.0. The summed E-state index contributed by atoms with van der Waals surface area (Å²) in [6.07, 6.45) is 2.05. The minimum Gasteiger partial charge on any atom is -0.475 e. The lowest BCUT2D eigenvalue weighted by molar-refractivity contribution is -0.00702. The molecule has 4 rings (SSSR count). The predicted molar refractivity (Wildman–Crippen MR) is 84.8 cm³/mol. The largest absolute Gasteiger partial charge is 0.475 e. The van der Waals surface area contributed by atoms with Gasteiger partial charge >= 0.3 is 6.01 Å². The highest BCUT2D eigenvalue weighted by Crippen LogP contribution is 2.39. The number of piperidine rings is 1. The van der Waals surface area contributed by atoms with Crippen molar-refractivity contribution in [1.29, 1.82) is 0 Å². The number of hydrogen-bond donors (Lipinski definition) is 1. The molecule has 2 aromatic rings. The van der Waals surface area contributed by atoms with Crippen molar-refractivity contribution in [3.05, 3.63) is 11.5 Å². The monoisotopic (exact) mass is 334 g/mol. The van der Waals surface area contributed by atoms with E-state index in [1.54, 1.807) is 6.92 Å². The summed E-state index contributed by atoms with van der Waals surface area (Å²) in [6.45, 7) is 4.32. The lowest BCUT2D eigenvalue weighted by Gasteiger charge is -2.34. The van der Waals surface area contributed by atoms with Crippen molar-refractivity contribution in [2.45, 2.75) is 45.4 Å². The first-order chi connectivity index (χ1) is 11.5. The van der Waals surface area contributed by atoms with Crippen LogP contribution >= 0.6 is 0 Å². The smallest absolute Gasteiger partial charge is 0.321 e. The van der Waals surface area contributed by atoms with Crippen LogP contribution < -0.4 is 14.4 Å². The zero-order chi connectivity index (χ0) is 16.8. The van der Waals surface area contributed by atoms with Crippen molar-refractivity contribution in [2.24, 2.45) is 0 Å². The molecule has 2 atom stereocenters. The summed E-state index contributed by atoms with van der Waals surface area (Å²) in [5.74, 6) is 0.406. The molecule has 0 aromatic carbocycles. The lowest BCUT2D eigenvalue weighted by Crippen LogP contribution is -2.42. The number of aryl methyl sites for hydroxylation is 1. The molecule has 0 saturated carbocycles. The van der Waals surface area contributed by atoms with Crippen molar-refractivity contribution in [1.82, 2.24) is 15.0 Å². The van der Waals surface area contributed by atoms with Crippen molar-refractivity contribution >= 4 is 16.7 Å². The molecule has 0 amide bonds. The molecule has 0 aliphatic carbocycles. The SMILES string of the molecule is Cc1nc2c3c(nc(OC(C)O)nc3c1F)N1CCCCC1CO2. The van der Waals surface area contributed by atoms with Gasteiger partial charge in [-0.05, 0) is 33.1 Å². The Kier molecular flexibility index (Phi) is 3.64. The summed E-state index contributed by atoms with van der Waals surface area (Å²) in [5.41, 5.74) is 0.328. The molecule has 0 radical (unpaired) electrons. The molecule has 1 saturated heterocycles. The van der Waals surface area contributed by atoms with E-state index in [1.807, 2.05) is 0 Å². The molecule has 1 N–H and O–H groups in total. The van der Waals surface area contributed by atoms with Gasteiger partial charge in [0.25, 0.3) is 0 Å². The number of rotatable bonds is 2. The maximum absolute atomic E-state index is 14.6. The maximum Gasteiger partial charge on any atom is 0.321 e. The molecule has 0 bridgehead atoms. The van der Waals surface area contributed by atoms with Gasteiger partial charge in [-0.3, -0.25) is 0 Å². The number of ether oxygens (including phenoxy) is 2. The van der Waals surface area contributed by atoms with Crippen LogP contribution in [0, 0.1) is 12.7 Å². The Labute approximate surface area is 138 Å². The maximum atomic E-state index is 14.6. The van der Waals surface area contributed by atoms with Crippen molar-refractivity contribution < 1.29 is 19.0 Å². The molecule has 4 heterocycles. The first-order valence-corrected chi connectivity index (χ1v) is 8.16. The third-order valence-corrected chi connectivity index (χ3v) is 4.47. The summed E-state index contributed by atoms with van der Waals surface area (Å²) >= 11 is 0. The number of hydrogen-bond acceptors (Lipinski definition) is 7. The molecule has 7 nitrogen and oxygen atoms in total. The third-order valence-electron chi connectivity index (χ3n) is 4.47. The molecule has 24 heavy (non-hydrogen) atoms. The number of aromatic nitrogens is 3. The van der Waals surface area contributed by atoms with Crippen molar-refractivity contribution in [3.63, 3.8) is 0 Å². The van der Waals surface area contributed by atoms with Crippen LogP contribution in [0.2, 0.25) is 0 Å². The second-order valence-electron chi connectivity index (χ2n) is 6.24. The zero-order valence-corrected chi connectivity index (χ0v) is 13.6. The number of anilines is 1. The van der Waals surface area contributed by atoms with Gasteiger partial charge in [0.2, 0.25) is 5.88 Å². The summed E-state index contributed by atoms with van der Waals surface area (Å²) in [4.78, 5) is 14.9. The Morgan fingerprint density at radius 1 is 1.33 bits per heavy atom. The van der Waals surface area contributed by atoms with Gasteiger partial charge < -0.3 is 19.5 Å². The van der Waals surface area contributed by atoms with E-state index in [2.05, 4.69) is 19.9 Å². The van der Waals surface area contributed by atoms with Crippen LogP contribution in [0.15, 0.2) is 0 Å². The van der Waals surface area contributed by atoms with Crippen LogP contribution in [0.25, 0.3) is 10.9 Å². The fourth-order valence-electron chi connectivity index (χ4n) is 3.36. The molecule has 2 aromatic heterocycles. The van der Waals surface area contributed by atoms with E-state index in [4.69, 9.17) is 9.47 Å². The first-order valence-electron chi connectivity index (χ1n) is 8.16. The summed E-state index contributed by atoms with van der Waals surface area (Å²) in [5, 5.41) is 9.95. The van der Waals surface area contributed by atoms with Gasteiger partial charge in [0.05, 0.1) is 11.7 Å². The van der Waals surface area contributed by atoms with Crippen LogP contribution in [0.4, 0.5) is 10.2 Å². The molecule has 2 aliphatic rings. The van der Waals surface area contributed by atoms with Crippen LogP contribution in [0.3, 0.4) is 0 Å². The highest BCUT2D eigenvalue weighted by atomic mass is 19.1. The second kappa shape index (κ2) is 5.70. The molecule has 128 valence electrons. The van der Waals surface area contributed by atoms with Gasteiger partial charge in [-0.15, -0.1) is 0 Å². The first kappa shape index (κ1) is 15.3. The Hall–Kier alpha value is -2.22. The van der Waals surface area contributed by atoms with Crippen LogP contribution in [-0.4, -0.2) is 45.5 Å². The number of aliphatic hydroxyl groups excluding tert-OH is 1. The molecular formula is C16H19FN4O3. The lowest BCUT2D eigenvalue weighted by atomic mass is 10.0. The fourth-order valence-corrected chi connectivity index (χ4v) is 3.36. The Morgan fingerprint density at radius 3 is 2.96 bits per heavy atom. The van der Waals surface area contributed by atoms with Gasteiger partial charge in [0.15, 0.2) is 12.1 Å². The molecule has 1 fully saturated rings. The van der Waals surface area contributed by atoms with Gasteiger partial charge in [0.1, 0.15) is 23.3 Å². The number of pyridine rings is 1. The topological polar surface area (TPSA) is 80.6 Å². The number of fused-ring (bicyclic) bond motifs is 2. The van der Waals surface area contributed by atoms with Crippen LogP contribution in [-0.2, 0) is 0 Å². The molecule has 2 aliphatic heterocycles. The van der Waals surface area contributed by atoms with Gasteiger partial charge in [0, 0.05) is 6.54 Å². The van der Waals surface area contributed by atoms with E-state index < -0.39 is 12.1 Å². The summed E-state index contributed by atoms with van der Waals surface area (Å²) in [6, 6.07) is 0.114.